The van der Waals surface area contributed by atoms with Gasteiger partial charge in [0, 0.05) is 35.6 Å². The molecule has 128 valence electrons. The van der Waals surface area contributed by atoms with Crippen molar-refractivity contribution in [3.8, 4) is 0 Å². The summed E-state index contributed by atoms with van der Waals surface area (Å²) in [6, 6.07) is 0.398. The summed E-state index contributed by atoms with van der Waals surface area (Å²) < 4.78 is 2.40. The number of likely N-dealkylation sites (N-methyl/N-ethyl adjacent to an activating group) is 1. The fourth-order valence-corrected chi connectivity index (χ4v) is 4.22. The minimum atomic E-state index is 0.398. The molecule has 2 aliphatic rings. The molecule has 0 radical (unpaired) electrons. The van der Waals surface area contributed by atoms with Crippen molar-refractivity contribution in [3.63, 3.8) is 0 Å². The Labute approximate surface area is 140 Å². The summed E-state index contributed by atoms with van der Waals surface area (Å²) in [5.41, 5.74) is 11.6. The Hall–Kier alpha value is -1.29. The molecule has 1 aliphatic carbocycles. The van der Waals surface area contributed by atoms with Gasteiger partial charge in [-0.3, -0.25) is 4.99 Å². The van der Waals surface area contributed by atoms with Crippen LogP contribution in [0.1, 0.15) is 49.8 Å². The van der Waals surface area contributed by atoms with Gasteiger partial charge in [0.15, 0.2) is 0 Å². The molecule has 0 saturated heterocycles. The molecule has 3 rings (SSSR count). The molecule has 4 nitrogen and oxygen atoms in total. The molecule has 2 atom stereocenters. The molecule has 2 heterocycles. The molecule has 0 aromatic carbocycles. The zero-order valence-corrected chi connectivity index (χ0v) is 15.2. The summed E-state index contributed by atoms with van der Waals surface area (Å²) in [5.74, 6) is 0.464. The summed E-state index contributed by atoms with van der Waals surface area (Å²) in [7, 11) is 4.25. The SMILES string of the molecule is Cc1c(C)n(CCN(C)C)c2c1=C(N)C1CCCCCCC1N=2. The Morgan fingerprint density at radius 2 is 1.83 bits per heavy atom. The van der Waals surface area contributed by atoms with Gasteiger partial charge in [0.2, 0.25) is 0 Å². The lowest BCUT2D eigenvalue weighted by Gasteiger charge is -2.29. The van der Waals surface area contributed by atoms with E-state index in [1.807, 2.05) is 0 Å². The second-order valence-electron chi connectivity index (χ2n) is 7.61. The van der Waals surface area contributed by atoms with E-state index in [2.05, 4.69) is 37.4 Å². The van der Waals surface area contributed by atoms with E-state index >= 15 is 0 Å². The summed E-state index contributed by atoms with van der Waals surface area (Å²) in [6.45, 7) is 6.45. The Balaban J connectivity index is 2.10. The predicted octanol–water partition coefficient (Wildman–Crippen LogP) is 1.71. The number of rotatable bonds is 3. The minimum absolute atomic E-state index is 0.398. The lowest BCUT2D eigenvalue weighted by atomic mass is 9.83. The van der Waals surface area contributed by atoms with Gasteiger partial charge in [-0.05, 0) is 46.3 Å². The number of nitrogens with two attached hydrogens (primary N) is 1. The highest BCUT2D eigenvalue weighted by molar-refractivity contribution is 5.49. The van der Waals surface area contributed by atoms with Crippen LogP contribution >= 0.6 is 0 Å². The second kappa shape index (κ2) is 6.68. The normalized spacial score (nSPS) is 24.7. The lowest BCUT2D eigenvalue weighted by molar-refractivity contribution is 0.362. The van der Waals surface area contributed by atoms with Gasteiger partial charge in [-0.2, -0.15) is 0 Å². The van der Waals surface area contributed by atoms with Crippen LogP contribution in [0.4, 0.5) is 0 Å². The fourth-order valence-electron chi connectivity index (χ4n) is 4.22. The third-order valence-electron chi connectivity index (χ3n) is 5.78. The van der Waals surface area contributed by atoms with Gasteiger partial charge in [-0.1, -0.05) is 25.7 Å². The van der Waals surface area contributed by atoms with Crippen molar-refractivity contribution in [2.75, 3.05) is 20.6 Å². The number of nitrogens with zero attached hydrogens (tertiary/aromatic N) is 3. The third kappa shape index (κ3) is 3.06. The van der Waals surface area contributed by atoms with Crippen molar-refractivity contribution in [2.24, 2.45) is 16.6 Å². The van der Waals surface area contributed by atoms with Gasteiger partial charge in [-0.25, -0.2) is 0 Å². The molecule has 0 amide bonds. The Bertz CT molecular complexity index is 683. The van der Waals surface area contributed by atoms with E-state index in [1.54, 1.807) is 0 Å². The Morgan fingerprint density at radius 1 is 1.13 bits per heavy atom. The minimum Gasteiger partial charge on any atom is -0.401 e. The largest absolute Gasteiger partial charge is 0.401 e. The highest BCUT2D eigenvalue weighted by atomic mass is 15.1. The number of hydrogen-bond donors (Lipinski definition) is 1. The van der Waals surface area contributed by atoms with E-state index in [0.717, 1.165) is 24.3 Å². The van der Waals surface area contributed by atoms with Gasteiger partial charge in [0.25, 0.3) is 0 Å². The molecule has 1 aliphatic heterocycles. The van der Waals surface area contributed by atoms with Crippen molar-refractivity contribution < 1.29 is 0 Å². The van der Waals surface area contributed by atoms with E-state index in [4.69, 9.17) is 10.7 Å². The van der Waals surface area contributed by atoms with E-state index in [0.29, 0.717) is 12.0 Å². The number of fused-ring (bicyclic) bond motifs is 2. The molecule has 1 aromatic rings. The summed E-state index contributed by atoms with van der Waals surface area (Å²) in [4.78, 5) is 7.45. The maximum absolute atomic E-state index is 6.69. The van der Waals surface area contributed by atoms with Crippen LogP contribution in [0, 0.1) is 19.8 Å². The summed E-state index contributed by atoms with van der Waals surface area (Å²) >= 11 is 0. The van der Waals surface area contributed by atoms with E-state index in [1.165, 1.54) is 55.0 Å². The first-order chi connectivity index (χ1) is 11.0. The quantitative estimate of drug-likeness (QED) is 0.923. The smallest absolute Gasteiger partial charge is 0.137 e. The molecule has 0 spiro atoms. The second-order valence-corrected chi connectivity index (χ2v) is 7.61. The van der Waals surface area contributed by atoms with Crippen LogP contribution in [0.5, 0.6) is 0 Å². The van der Waals surface area contributed by atoms with Crippen LogP contribution < -0.4 is 16.4 Å². The maximum atomic E-state index is 6.69. The third-order valence-corrected chi connectivity index (χ3v) is 5.78. The average Bonchev–Trinajstić information content (AvgIpc) is 2.71. The van der Waals surface area contributed by atoms with Gasteiger partial charge in [-0.15, -0.1) is 0 Å². The molecule has 2 N–H and O–H groups in total. The first-order valence-corrected chi connectivity index (χ1v) is 9.18. The zero-order valence-electron chi connectivity index (χ0n) is 15.2. The van der Waals surface area contributed by atoms with Gasteiger partial charge in [0.05, 0.1) is 6.04 Å². The van der Waals surface area contributed by atoms with Crippen LogP contribution in [0.2, 0.25) is 0 Å². The summed E-state index contributed by atoms with van der Waals surface area (Å²) in [5, 5.41) is 1.25. The topological polar surface area (TPSA) is 46.5 Å². The molecule has 23 heavy (non-hydrogen) atoms. The molecule has 2 unspecified atom stereocenters. The highest BCUT2D eigenvalue weighted by Crippen LogP contribution is 2.29. The van der Waals surface area contributed by atoms with Crippen molar-refractivity contribution in [1.29, 1.82) is 0 Å². The van der Waals surface area contributed by atoms with E-state index in [9.17, 15) is 0 Å². The molecule has 1 saturated carbocycles. The molecule has 1 aromatic heterocycles. The highest BCUT2D eigenvalue weighted by Gasteiger charge is 2.29. The Kier molecular flexibility index (Phi) is 4.81. The molecule has 0 bridgehead atoms. The average molecular weight is 316 g/mol. The zero-order chi connectivity index (χ0) is 16.6. The van der Waals surface area contributed by atoms with Gasteiger partial charge in [0.1, 0.15) is 5.49 Å². The molecular weight excluding hydrogens is 284 g/mol. The number of hydrogen-bond acceptors (Lipinski definition) is 3. The first kappa shape index (κ1) is 16.6. The molecular formula is C19H32N4. The summed E-state index contributed by atoms with van der Waals surface area (Å²) in [6.07, 6.45) is 7.70. The van der Waals surface area contributed by atoms with Crippen molar-refractivity contribution in [2.45, 2.75) is 65.0 Å². The van der Waals surface area contributed by atoms with Crippen LogP contribution in [0.3, 0.4) is 0 Å². The van der Waals surface area contributed by atoms with Gasteiger partial charge < -0.3 is 15.2 Å². The number of aromatic nitrogens is 1. The molecule has 1 fully saturated rings. The van der Waals surface area contributed by atoms with Crippen LogP contribution in [-0.2, 0) is 6.54 Å². The lowest BCUT2D eigenvalue weighted by Crippen LogP contribution is -2.45. The van der Waals surface area contributed by atoms with Crippen molar-refractivity contribution >= 4 is 5.70 Å². The Morgan fingerprint density at radius 3 is 2.52 bits per heavy atom. The van der Waals surface area contributed by atoms with Crippen molar-refractivity contribution in [3.05, 3.63) is 22.0 Å². The molecule has 4 heteroatoms. The van der Waals surface area contributed by atoms with Crippen LogP contribution in [0.15, 0.2) is 4.99 Å². The van der Waals surface area contributed by atoms with Crippen LogP contribution in [-0.4, -0.2) is 36.1 Å². The van der Waals surface area contributed by atoms with E-state index < -0.39 is 0 Å². The van der Waals surface area contributed by atoms with Crippen molar-refractivity contribution in [1.82, 2.24) is 9.47 Å². The monoisotopic (exact) mass is 316 g/mol. The first-order valence-electron chi connectivity index (χ1n) is 9.18. The van der Waals surface area contributed by atoms with Gasteiger partial charge >= 0.3 is 0 Å². The fraction of sp³-hybridized carbons (Fsp3) is 0.737. The maximum Gasteiger partial charge on any atom is 0.137 e. The standard InChI is InChI=1S/C19H32N4/c1-13-14(2)23(12-11-22(3)4)19-17(13)18(20)15-9-7-5-6-8-10-16(15)21-19/h15-16H,5-12,20H2,1-4H3. The van der Waals surface area contributed by atoms with Crippen LogP contribution in [0.25, 0.3) is 5.70 Å². The predicted molar refractivity (Wildman–Crippen MR) is 95.8 cm³/mol. The van der Waals surface area contributed by atoms with E-state index in [-0.39, 0.29) is 0 Å².